The molecule has 1 atom stereocenters. The molecule has 0 aliphatic heterocycles. The fraction of sp³-hybridized carbons (Fsp3) is 0.333. The number of hydrogen-bond acceptors (Lipinski definition) is 2. The molecule has 6 heteroatoms. The standard InChI is InChI=1S/C12H11Br3N2O/c1-3-12(2,6-16)11(18)17-10-8(14)4-7(13)5-9(10)15/h4-5H,3H2,1-2H3,(H,17,18). The van der Waals surface area contributed by atoms with E-state index in [-0.39, 0.29) is 5.91 Å². The first kappa shape index (κ1) is 15.7. The minimum absolute atomic E-state index is 0.309. The van der Waals surface area contributed by atoms with Crippen molar-refractivity contribution in [1.29, 1.82) is 5.26 Å². The first-order valence-electron chi connectivity index (χ1n) is 5.21. The van der Waals surface area contributed by atoms with Crippen LogP contribution in [0.4, 0.5) is 5.69 Å². The van der Waals surface area contributed by atoms with Crippen molar-refractivity contribution >= 4 is 59.4 Å². The molecule has 3 nitrogen and oxygen atoms in total. The van der Waals surface area contributed by atoms with E-state index in [1.165, 1.54) is 0 Å². The fourth-order valence-electron chi connectivity index (χ4n) is 1.20. The number of rotatable bonds is 3. The van der Waals surface area contributed by atoms with E-state index in [0.29, 0.717) is 12.1 Å². The molecule has 0 radical (unpaired) electrons. The molecule has 0 aromatic heterocycles. The maximum atomic E-state index is 12.1. The van der Waals surface area contributed by atoms with Crippen molar-refractivity contribution in [2.45, 2.75) is 20.3 Å². The Morgan fingerprint density at radius 1 is 1.39 bits per heavy atom. The molecule has 1 unspecified atom stereocenters. The maximum absolute atomic E-state index is 12.1. The summed E-state index contributed by atoms with van der Waals surface area (Å²) in [5.41, 5.74) is -0.399. The molecule has 0 aliphatic rings. The van der Waals surface area contributed by atoms with Crippen LogP contribution in [-0.2, 0) is 4.79 Å². The van der Waals surface area contributed by atoms with Gasteiger partial charge in [-0.05, 0) is 57.3 Å². The lowest BCUT2D eigenvalue weighted by Gasteiger charge is -2.20. The van der Waals surface area contributed by atoms with Gasteiger partial charge < -0.3 is 5.32 Å². The number of carbonyl (C=O) groups excluding carboxylic acids is 1. The fourth-order valence-corrected chi connectivity index (χ4v) is 3.66. The topological polar surface area (TPSA) is 52.9 Å². The monoisotopic (exact) mass is 436 g/mol. The van der Waals surface area contributed by atoms with E-state index in [1.54, 1.807) is 6.92 Å². The molecule has 1 amide bonds. The summed E-state index contributed by atoms with van der Waals surface area (Å²) in [6.45, 7) is 3.44. The molecule has 1 aromatic rings. The highest BCUT2D eigenvalue weighted by Gasteiger charge is 2.31. The van der Waals surface area contributed by atoms with Crippen molar-refractivity contribution < 1.29 is 4.79 Å². The van der Waals surface area contributed by atoms with Crippen molar-refractivity contribution in [3.63, 3.8) is 0 Å². The van der Waals surface area contributed by atoms with Crippen LogP contribution in [0.2, 0.25) is 0 Å². The molecule has 0 fully saturated rings. The first-order valence-corrected chi connectivity index (χ1v) is 7.59. The maximum Gasteiger partial charge on any atom is 0.244 e. The Kier molecular flexibility index (Phi) is 5.38. The highest BCUT2D eigenvalue weighted by atomic mass is 79.9. The number of halogens is 3. The van der Waals surface area contributed by atoms with Crippen molar-refractivity contribution in [2.75, 3.05) is 5.32 Å². The summed E-state index contributed by atoms with van der Waals surface area (Å²) < 4.78 is 2.37. The van der Waals surface area contributed by atoms with Crippen molar-refractivity contribution in [1.82, 2.24) is 0 Å². The molecule has 96 valence electrons. The van der Waals surface area contributed by atoms with Crippen LogP contribution in [0, 0.1) is 16.7 Å². The lowest BCUT2D eigenvalue weighted by Crippen LogP contribution is -2.31. The van der Waals surface area contributed by atoms with Gasteiger partial charge in [0.25, 0.3) is 0 Å². The number of hydrogen-bond donors (Lipinski definition) is 1. The predicted octanol–water partition coefficient (Wildman–Crippen LogP) is 4.85. The number of amides is 1. The summed E-state index contributed by atoms with van der Waals surface area (Å²) in [5, 5.41) is 11.8. The average molecular weight is 439 g/mol. The van der Waals surface area contributed by atoms with Gasteiger partial charge in [-0.15, -0.1) is 0 Å². The number of anilines is 1. The van der Waals surface area contributed by atoms with Gasteiger partial charge in [-0.2, -0.15) is 5.26 Å². The molecular weight excluding hydrogens is 428 g/mol. The van der Waals surface area contributed by atoms with Crippen LogP contribution in [-0.4, -0.2) is 5.91 Å². The minimum atomic E-state index is -1.02. The Hall–Kier alpha value is -0.380. The van der Waals surface area contributed by atoms with Gasteiger partial charge in [-0.1, -0.05) is 22.9 Å². The molecule has 0 heterocycles. The molecule has 0 saturated heterocycles. The van der Waals surface area contributed by atoms with Crippen molar-refractivity contribution in [3.05, 3.63) is 25.6 Å². The average Bonchev–Trinajstić information content (AvgIpc) is 2.32. The minimum Gasteiger partial charge on any atom is -0.323 e. The Bertz CT molecular complexity index is 502. The Morgan fingerprint density at radius 3 is 2.28 bits per heavy atom. The van der Waals surface area contributed by atoms with Crippen LogP contribution < -0.4 is 5.32 Å². The van der Waals surface area contributed by atoms with E-state index in [4.69, 9.17) is 5.26 Å². The van der Waals surface area contributed by atoms with Gasteiger partial charge in [0.05, 0.1) is 11.8 Å². The lowest BCUT2D eigenvalue weighted by molar-refractivity contribution is -0.122. The summed E-state index contributed by atoms with van der Waals surface area (Å²) in [4.78, 5) is 12.1. The normalized spacial score (nSPS) is 13.6. The van der Waals surface area contributed by atoms with E-state index in [9.17, 15) is 4.79 Å². The summed E-state index contributed by atoms with van der Waals surface area (Å²) in [7, 11) is 0. The molecule has 1 aromatic carbocycles. The van der Waals surface area contributed by atoms with E-state index in [1.807, 2.05) is 25.1 Å². The van der Waals surface area contributed by atoms with Crippen LogP contribution >= 0.6 is 47.8 Å². The molecule has 1 N–H and O–H groups in total. The van der Waals surface area contributed by atoms with Crippen LogP contribution in [0.3, 0.4) is 0 Å². The molecule has 0 aliphatic carbocycles. The number of nitrogens with zero attached hydrogens (tertiary/aromatic N) is 1. The summed E-state index contributed by atoms with van der Waals surface area (Å²) in [6.07, 6.45) is 0.459. The third-order valence-electron chi connectivity index (χ3n) is 2.70. The second kappa shape index (κ2) is 6.18. The third kappa shape index (κ3) is 3.34. The van der Waals surface area contributed by atoms with Crippen molar-refractivity contribution in [3.8, 4) is 6.07 Å². The van der Waals surface area contributed by atoms with E-state index >= 15 is 0 Å². The molecular formula is C12H11Br3N2O. The number of nitriles is 1. The Labute approximate surface area is 131 Å². The zero-order valence-corrected chi connectivity index (χ0v) is 14.6. The first-order chi connectivity index (χ1) is 8.34. The molecule has 0 bridgehead atoms. The van der Waals surface area contributed by atoms with Crippen LogP contribution in [0.1, 0.15) is 20.3 Å². The van der Waals surface area contributed by atoms with E-state index in [0.717, 1.165) is 13.4 Å². The smallest absolute Gasteiger partial charge is 0.244 e. The third-order valence-corrected chi connectivity index (χ3v) is 4.41. The number of nitrogens with one attached hydrogen (secondary N) is 1. The highest BCUT2D eigenvalue weighted by molar-refractivity contribution is 9.11. The molecule has 18 heavy (non-hydrogen) atoms. The van der Waals surface area contributed by atoms with Crippen LogP contribution in [0.5, 0.6) is 0 Å². The van der Waals surface area contributed by atoms with E-state index < -0.39 is 5.41 Å². The number of carbonyl (C=O) groups is 1. The van der Waals surface area contributed by atoms with Gasteiger partial charge >= 0.3 is 0 Å². The van der Waals surface area contributed by atoms with Gasteiger partial charge in [0, 0.05) is 13.4 Å². The molecule has 0 saturated carbocycles. The van der Waals surface area contributed by atoms with Crippen LogP contribution in [0.25, 0.3) is 0 Å². The van der Waals surface area contributed by atoms with Gasteiger partial charge in [-0.3, -0.25) is 4.79 Å². The Balaban J connectivity index is 3.07. The zero-order valence-electron chi connectivity index (χ0n) is 9.85. The summed E-state index contributed by atoms with van der Waals surface area (Å²) in [6, 6.07) is 5.71. The van der Waals surface area contributed by atoms with E-state index in [2.05, 4.69) is 53.1 Å². The second-order valence-electron chi connectivity index (χ2n) is 4.00. The predicted molar refractivity (Wildman–Crippen MR) is 82.2 cm³/mol. The quantitative estimate of drug-likeness (QED) is 0.733. The van der Waals surface area contributed by atoms with Gasteiger partial charge in [0.2, 0.25) is 5.91 Å². The van der Waals surface area contributed by atoms with Crippen LogP contribution in [0.15, 0.2) is 25.6 Å². The van der Waals surface area contributed by atoms with Gasteiger partial charge in [-0.25, -0.2) is 0 Å². The van der Waals surface area contributed by atoms with Gasteiger partial charge in [0.15, 0.2) is 0 Å². The Morgan fingerprint density at radius 2 is 1.89 bits per heavy atom. The van der Waals surface area contributed by atoms with Crippen molar-refractivity contribution in [2.24, 2.45) is 5.41 Å². The summed E-state index contributed by atoms with van der Waals surface area (Å²) >= 11 is 10.1. The summed E-state index contributed by atoms with van der Waals surface area (Å²) in [5.74, 6) is -0.309. The zero-order chi connectivity index (χ0) is 13.9. The number of benzene rings is 1. The second-order valence-corrected chi connectivity index (χ2v) is 6.62. The largest absolute Gasteiger partial charge is 0.323 e. The van der Waals surface area contributed by atoms with Gasteiger partial charge in [0.1, 0.15) is 5.41 Å². The highest BCUT2D eigenvalue weighted by Crippen LogP contribution is 2.35. The molecule has 1 rings (SSSR count). The lowest BCUT2D eigenvalue weighted by atomic mass is 9.88. The SMILES string of the molecule is CCC(C)(C#N)C(=O)Nc1c(Br)cc(Br)cc1Br. The molecule has 0 spiro atoms.